The molecule has 1 aromatic heterocycles. The van der Waals surface area contributed by atoms with Crippen molar-refractivity contribution in [1.29, 1.82) is 0 Å². The zero-order valence-corrected chi connectivity index (χ0v) is 13.4. The molecule has 0 N–H and O–H groups in total. The van der Waals surface area contributed by atoms with Gasteiger partial charge in [0.15, 0.2) is 0 Å². The zero-order chi connectivity index (χ0) is 16.1. The van der Waals surface area contributed by atoms with Crippen molar-refractivity contribution in [3.05, 3.63) is 24.2 Å². The van der Waals surface area contributed by atoms with Gasteiger partial charge in [0.1, 0.15) is 5.76 Å². The van der Waals surface area contributed by atoms with Crippen molar-refractivity contribution < 1.29 is 18.7 Å². The van der Waals surface area contributed by atoms with Crippen LogP contribution in [-0.4, -0.2) is 61.0 Å². The molecule has 0 atom stereocenters. The van der Waals surface area contributed by atoms with Crippen molar-refractivity contribution in [1.82, 2.24) is 9.80 Å². The predicted molar refractivity (Wildman–Crippen MR) is 83.7 cm³/mol. The minimum Gasteiger partial charge on any atom is -0.469 e. The van der Waals surface area contributed by atoms with Gasteiger partial charge in [-0.15, -0.1) is 0 Å². The Morgan fingerprint density at radius 1 is 1.09 bits per heavy atom. The Bertz CT molecular complexity index is 515. The van der Waals surface area contributed by atoms with Crippen molar-refractivity contribution in [2.45, 2.75) is 25.7 Å². The van der Waals surface area contributed by atoms with Gasteiger partial charge in [0, 0.05) is 44.9 Å². The predicted octanol–water partition coefficient (Wildman–Crippen LogP) is 1.31. The van der Waals surface area contributed by atoms with Gasteiger partial charge in [-0.3, -0.25) is 9.59 Å². The number of aryl methyl sites for hydroxylation is 1. The van der Waals surface area contributed by atoms with E-state index in [1.54, 1.807) is 6.26 Å². The maximum Gasteiger partial charge on any atom is 0.225 e. The summed E-state index contributed by atoms with van der Waals surface area (Å²) in [5.74, 6) is 1.28. The molecule has 3 rings (SSSR count). The number of carbonyl (C=O) groups excluding carboxylic acids is 2. The van der Waals surface area contributed by atoms with E-state index in [1.807, 2.05) is 21.9 Å². The van der Waals surface area contributed by atoms with Gasteiger partial charge in [-0.05, 0) is 25.0 Å². The fraction of sp³-hybridized carbons (Fsp3) is 0.647. The van der Waals surface area contributed by atoms with Gasteiger partial charge in [-0.2, -0.15) is 0 Å². The van der Waals surface area contributed by atoms with E-state index in [0.29, 0.717) is 52.2 Å². The van der Waals surface area contributed by atoms with E-state index in [2.05, 4.69) is 0 Å². The molecule has 0 saturated carbocycles. The second-order valence-corrected chi connectivity index (χ2v) is 6.17. The maximum absolute atomic E-state index is 12.5. The molecule has 0 aliphatic carbocycles. The van der Waals surface area contributed by atoms with Gasteiger partial charge in [0.25, 0.3) is 0 Å². The first-order chi connectivity index (χ1) is 11.2. The summed E-state index contributed by atoms with van der Waals surface area (Å²) in [6, 6.07) is 3.73. The van der Waals surface area contributed by atoms with Gasteiger partial charge in [0.05, 0.1) is 19.5 Å². The molecule has 0 spiro atoms. The molecule has 2 amide bonds. The van der Waals surface area contributed by atoms with Crippen LogP contribution in [-0.2, 0) is 20.7 Å². The molecule has 23 heavy (non-hydrogen) atoms. The summed E-state index contributed by atoms with van der Waals surface area (Å²) in [6.07, 6.45) is 4.27. The van der Waals surface area contributed by atoms with Crippen LogP contribution in [0.1, 0.15) is 25.0 Å². The van der Waals surface area contributed by atoms with Gasteiger partial charge in [-0.25, -0.2) is 0 Å². The van der Waals surface area contributed by atoms with Crippen LogP contribution in [0.15, 0.2) is 22.8 Å². The third kappa shape index (κ3) is 4.13. The number of furan rings is 1. The normalized spacial score (nSPS) is 19.8. The molecule has 6 heteroatoms. The molecule has 2 fully saturated rings. The van der Waals surface area contributed by atoms with E-state index in [0.717, 1.165) is 18.6 Å². The Morgan fingerprint density at radius 3 is 2.48 bits per heavy atom. The maximum atomic E-state index is 12.5. The van der Waals surface area contributed by atoms with Crippen molar-refractivity contribution in [3.63, 3.8) is 0 Å². The third-order valence-electron chi connectivity index (χ3n) is 4.69. The highest BCUT2D eigenvalue weighted by molar-refractivity contribution is 5.80. The van der Waals surface area contributed by atoms with Crippen LogP contribution in [0.3, 0.4) is 0 Å². The summed E-state index contributed by atoms with van der Waals surface area (Å²) in [5, 5.41) is 0. The van der Waals surface area contributed by atoms with Crippen LogP contribution in [0.25, 0.3) is 0 Å². The quantitative estimate of drug-likeness (QED) is 0.839. The van der Waals surface area contributed by atoms with E-state index in [-0.39, 0.29) is 17.7 Å². The van der Waals surface area contributed by atoms with Gasteiger partial charge >= 0.3 is 0 Å². The average molecular weight is 320 g/mol. The zero-order valence-electron chi connectivity index (χ0n) is 13.4. The van der Waals surface area contributed by atoms with Gasteiger partial charge in [-0.1, -0.05) is 0 Å². The molecule has 2 aliphatic rings. The summed E-state index contributed by atoms with van der Waals surface area (Å²) in [7, 11) is 0. The van der Waals surface area contributed by atoms with Crippen molar-refractivity contribution in [2.24, 2.45) is 5.92 Å². The van der Waals surface area contributed by atoms with E-state index >= 15 is 0 Å². The number of morpholine rings is 1. The number of hydrogen-bond donors (Lipinski definition) is 0. The lowest BCUT2D eigenvalue weighted by molar-refractivity contribution is -0.143. The number of rotatable bonds is 4. The first kappa shape index (κ1) is 16.1. The van der Waals surface area contributed by atoms with E-state index in [1.165, 1.54) is 0 Å². The second kappa shape index (κ2) is 7.64. The largest absolute Gasteiger partial charge is 0.469 e. The summed E-state index contributed by atoms with van der Waals surface area (Å²) < 4.78 is 10.5. The average Bonchev–Trinajstić information content (AvgIpc) is 3.13. The Labute approximate surface area is 136 Å². The van der Waals surface area contributed by atoms with E-state index < -0.39 is 0 Å². The smallest absolute Gasteiger partial charge is 0.225 e. The molecule has 0 bridgehead atoms. The van der Waals surface area contributed by atoms with E-state index in [9.17, 15) is 9.59 Å². The van der Waals surface area contributed by atoms with Crippen LogP contribution >= 0.6 is 0 Å². The van der Waals surface area contributed by atoms with Crippen LogP contribution in [0, 0.1) is 5.92 Å². The first-order valence-corrected chi connectivity index (χ1v) is 8.41. The first-order valence-electron chi connectivity index (χ1n) is 8.41. The number of hydrogen-bond acceptors (Lipinski definition) is 4. The number of amides is 2. The van der Waals surface area contributed by atoms with Gasteiger partial charge in [0.2, 0.25) is 11.8 Å². The summed E-state index contributed by atoms with van der Waals surface area (Å²) >= 11 is 0. The number of nitrogens with zero attached hydrogens (tertiary/aromatic N) is 2. The molecule has 6 nitrogen and oxygen atoms in total. The highest BCUT2D eigenvalue weighted by Gasteiger charge is 2.30. The minimum absolute atomic E-state index is 0.0576. The lowest BCUT2D eigenvalue weighted by Crippen LogP contribution is -2.47. The molecule has 0 aromatic carbocycles. The molecule has 3 heterocycles. The molecule has 2 aliphatic heterocycles. The second-order valence-electron chi connectivity index (χ2n) is 6.17. The summed E-state index contributed by atoms with van der Waals surface area (Å²) in [5.41, 5.74) is 0. The van der Waals surface area contributed by atoms with Crippen LogP contribution in [0.5, 0.6) is 0 Å². The molecular formula is C17H24N2O4. The minimum atomic E-state index is 0.0576. The van der Waals surface area contributed by atoms with Crippen molar-refractivity contribution >= 4 is 11.8 Å². The fourth-order valence-electron chi connectivity index (χ4n) is 3.26. The Kier molecular flexibility index (Phi) is 5.33. The number of carbonyl (C=O) groups is 2. The molecule has 0 radical (unpaired) electrons. The van der Waals surface area contributed by atoms with Crippen LogP contribution in [0.2, 0.25) is 0 Å². The van der Waals surface area contributed by atoms with Crippen molar-refractivity contribution in [3.8, 4) is 0 Å². The Balaban J connectivity index is 1.42. The van der Waals surface area contributed by atoms with Crippen LogP contribution in [0.4, 0.5) is 0 Å². The third-order valence-corrected chi connectivity index (χ3v) is 4.69. The van der Waals surface area contributed by atoms with E-state index in [4.69, 9.17) is 9.15 Å². The SMILES string of the molecule is O=C(CCc1ccco1)N1CCC(C(=O)N2CCOCC2)CC1. The Morgan fingerprint density at radius 2 is 1.83 bits per heavy atom. The number of piperidine rings is 1. The summed E-state index contributed by atoms with van der Waals surface area (Å²) in [4.78, 5) is 28.5. The number of likely N-dealkylation sites (tertiary alicyclic amines) is 1. The molecular weight excluding hydrogens is 296 g/mol. The standard InChI is InChI=1S/C17H24N2O4/c20-16(4-3-15-2-1-11-23-15)18-7-5-14(6-8-18)17(21)19-9-12-22-13-10-19/h1-2,11,14H,3-10,12-13H2. The molecule has 1 aromatic rings. The summed E-state index contributed by atoms with van der Waals surface area (Å²) in [6.45, 7) is 4.02. The monoisotopic (exact) mass is 320 g/mol. The highest BCUT2D eigenvalue weighted by Crippen LogP contribution is 2.21. The molecule has 2 saturated heterocycles. The molecule has 126 valence electrons. The molecule has 0 unspecified atom stereocenters. The number of ether oxygens (including phenoxy) is 1. The van der Waals surface area contributed by atoms with Crippen molar-refractivity contribution in [2.75, 3.05) is 39.4 Å². The lowest BCUT2D eigenvalue weighted by atomic mass is 9.94. The highest BCUT2D eigenvalue weighted by atomic mass is 16.5. The van der Waals surface area contributed by atoms with Gasteiger partial charge < -0.3 is 19.0 Å². The topological polar surface area (TPSA) is 63.0 Å². The fourth-order valence-corrected chi connectivity index (χ4v) is 3.26. The lowest BCUT2D eigenvalue weighted by Gasteiger charge is -2.35. The Hall–Kier alpha value is -1.82. The van der Waals surface area contributed by atoms with Crippen LogP contribution < -0.4 is 0 Å².